The summed E-state index contributed by atoms with van der Waals surface area (Å²) in [6.07, 6.45) is 5.57. The van der Waals surface area contributed by atoms with Gasteiger partial charge in [-0.3, -0.25) is 4.68 Å². The fourth-order valence-electron chi connectivity index (χ4n) is 1.88. The lowest BCUT2D eigenvalue weighted by Crippen LogP contribution is -2.12. The number of fused-ring (bicyclic) bond motifs is 1. The molecule has 0 radical (unpaired) electrons. The first-order chi connectivity index (χ1) is 8.72. The van der Waals surface area contributed by atoms with E-state index in [1.807, 2.05) is 7.05 Å². The number of nitrogens with zero attached hydrogens (tertiary/aromatic N) is 4. The molecule has 6 heteroatoms. The van der Waals surface area contributed by atoms with Crippen molar-refractivity contribution in [1.29, 1.82) is 0 Å². The van der Waals surface area contributed by atoms with E-state index in [1.54, 1.807) is 17.2 Å². The minimum atomic E-state index is 0.579. The molecule has 0 fully saturated rings. The van der Waals surface area contributed by atoms with Gasteiger partial charge in [0.2, 0.25) is 0 Å². The molecule has 2 heterocycles. The Kier molecular flexibility index (Phi) is 4.09. The van der Waals surface area contributed by atoms with Crippen molar-refractivity contribution in [3.63, 3.8) is 0 Å². The fraction of sp³-hybridized carbons (Fsp3) is 0.583. The minimum absolute atomic E-state index is 0.579. The van der Waals surface area contributed by atoms with Gasteiger partial charge >= 0.3 is 0 Å². The highest BCUT2D eigenvalue weighted by molar-refractivity contribution is 5.85. The molecule has 1 atom stereocenters. The van der Waals surface area contributed by atoms with E-state index < -0.39 is 0 Å². The average molecular weight is 248 g/mol. The van der Waals surface area contributed by atoms with Crippen LogP contribution in [0.1, 0.15) is 19.8 Å². The van der Waals surface area contributed by atoms with Crippen molar-refractivity contribution in [2.24, 2.45) is 18.7 Å². The molecule has 0 bridgehead atoms. The van der Waals surface area contributed by atoms with Gasteiger partial charge in [-0.2, -0.15) is 5.10 Å². The second-order valence-electron chi connectivity index (χ2n) is 4.64. The van der Waals surface area contributed by atoms with Crippen LogP contribution in [0.2, 0.25) is 0 Å². The van der Waals surface area contributed by atoms with E-state index in [0.717, 1.165) is 42.8 Å². The largest absolute Gasteiger partial charge is 0.369 e. The van der Waals surface area contributed by atoms with E-state index in [4.69, 9.17) is 5.73 Å². The minimum Gasteiger partial charge on any atom is -0.369 e. The number of anilines is 1. The molecule has 0 aliphatic heterocycles. The zero-order valence-corrected chi connectivity index (χ0v) is 10.9. The molecule has 2 aromatic rings. The summed E-state index contributed by atoms with van der Waals surface area (Å²) in [5.41, 5.74) is 6.44. The van der Waals surface area contributed by atoms with E-state index in [9.17, 15) is 0 Å². The first kappa shape index (κ1) is 12.8. The van der Waals surface area contributed by atoms with Crippen molar-refractivity contribution in [3.05, 3.63) is 12.5 Å². The highest BCUT2D eigenvalue weighted by atomic mass is 15.3. The maximum absolute atomic E-state index is 5.59. The molecule has 0 saturated carbocycles. The number of rotatable bonds is 6. The van der Waals surface area contributed by atoms with Gasteiger partial charge in [-0.15, -0.1) is 0 Å². The topological polar surface area (TPSA) is 81.7 Å². The van der Waals surface area contributed by atoms with Gasteiger partial charge in [0.25, 0.3) is 0 Å². The Hall–Kier alpha value is -1.69. The second-order valence-corrected chi connectivity index (χ2v) is 4.64. The molecule has 0 saturated heterocycles. The van der Waals surface area contributed by atoms with Crippen LogP contribution < -0.4 is 11.1 Å². The summed E-state index contributed by atoms with van der Waals surface area (Å²) < 4.78 is 1.75. The lowest BCUT2D eigenvalue weighted by Gasteiger charge is -2.09. The molecule has 98 valence electrons. The van der Waals surface area contributed by atoms with Crippen LogP contribution in [0.25, 0.3) is 11.0 Å². The Balaban J connectivity index is 1.95. The Labute approximate surface area is 107 Å². The number of nitrogens with two attached hydrogens (primary N) is 1. The van der Waals surface area contributed by atoms with Crippen LogP contribution in [-0.4, -0.2) is 32.8 Å². The van der Waals surface area contributed by atoms with Crippen LogP contribution in [0.5, 0.6) is 0 Å². The van der Waals surface area contributed by atoms with Crippen LogP contribution >= 0.6 is 0 Å². The molecule has 0 amide bonds. The molecule has 3 N–H and O–H groups in total. The van der Waals surface area contributed by atoms with Crippen molar-refractivity contribution in [3.8, 4) is 0 Å². The number of aromatic nitrogens is 4. The van der Waals surface area contributed by atoms with Crippen molar-refractivity contribution in [1.82, 2.24) is 19.7 Å². The zero-order valence-electron chi connectivity index (χ0n) is 10.9. The van der Waals surface area contributed by atoms with E-state index in [-0.39, 0.29) is 0 Å². The monoisotopic (exact) mass is 248 g/mol. The van der Waals surface area contributed by atoms with Crippen LogP contribution in [0.15, 0.2) is 12.5 Å². The molecular weight excluding hydrogens is 228 g/mol. The molecule has 0 aliphatic carbocycles. The fourth-order valence-corrected chi connectivity index (χ4v) is 1.88. The first-order valence-electron chi connectivity index (χ1n) is 6.29. The molecular formula is C12H20N6. The quantitative estimate of drug-likeness (QED) is 0.749. The summed E-state index contributed by atoms with van der Waals surface area (Å²) in [5.74, 6) is 1.43. The lowest BCUT2D eigenvalue weighted by atomic mass is 10.1. The summed E-state index contributed by atoms with van der Waals surface area (Å²) >= 11 is 0. The second kappa shape index (κ2) is 5.77. The molecule has 0 aliphatic rings. The molecule has 0 aromatic carbocycles. The third kappa shape index (κ3) is 2.76. The maximum Gasteiger partial charge on any atom is 0.163 e. The summed E-state index contributed by atoms with van der Waals surface area (Å²) in [5, 5.41) is 8.48. The summed E-state index contributed by atoms with van der Waals surface area (Å²) in [6.45, 7) is 3.82. The van der Waals surface area contributed by atoms with Crippen LogP contribution in [0.3, 0.4) is 0 Å². The van der Waals surface area contributed by atoms with E-state index in [2.05, 4.69) is 27.3 Å². The normalized spacial score (nSPS) is 12.8. The van der Waals surface area contributed by atoms with Gasteiger partial charge in [0, 0.05) is 13.6 Å². The smallest absolute Gasteiger partial charge is 0.163 e. The summed E-state index contributed by atoms with van der Waals surface area (Å²) in [6, 6.07) is 0. The lowest BCUT2D eigenvalue weighted by molar-refractivity contribution is 0.529. The van der Waals surface area contributed by atoms with Crippen molar-refractivity contribution in [2.45, 2.75) is 19.8 Å². The van der Waals surface area contributed by atoms with E-state index in [0.29, 0.717) is 5.92 Å². The van der Waals surface area contributed by atoms with Gasteiger partial charge in [0.05, 0.1) is 11.6 Å². The SMILES string of the molecule is CC(CN)CCCNc1ncnc2c1cnn2C. The molecule has 2 rings (SSSR count). The summed E-state index contributed by atoms with van der Waals surface area (Å²) in [4.78, 5) is 8.46. The average Bonchev–Trinajstić information content (AvgIpc) is 2.77. The van der Waals surface area contributed by atoms with Gasteiger partial charge in [0.1, 0.15) is 12.1 Å². The number of aryl methyl sites for hydroxylation is 1. The van der Waals surface area contributed by atoms with Crippen LogP contribution in [0, 0.1) is 5.92 Å². The highest BCUT2D eigenvalue weighted by Gasteiger charge is 2.07. The van der Waals surface area contributed by atoms with E-state index >= 15 is 0 Å². The van der Waals surface area contributed by atoms with Gasteiger partial charge in [-0.25, -0.2) is 9.97 Å². The Morgan fingerprint density at radius 3 is 3.06 bits per heavy atom. The zero-order chi connectivity index (χ0) is 13.0. The van der Waals surface area contributed by atoms with Crippen LogP contribution in [0.4, 0.5) is 5.82 Å². The molecule has 2 aromatic heterocycles. The predicted molar refractivity (Wildman–Crippen MR) is 72.2 cm³/mol. The number of nitrogens with one attached hydrogen (secondary N) is 1. The van der Waals surface area contributed by atoms with Gasteiger partial charge in [-0.05, 0) is 25.3 Å². The molecule has 0 spiro atoms. The number of hydrogen-bond donors (Lipinski definition) is 2. The van der Waals surface area contributed by atoms with Crippen molar-refractivity contribution in [2.75, 3.05) is 18.4 Å². The summed E-state index contributed by atoms with van der Waals surface area (Å²) in [7, 11) is 1.88. The third-order valence-electron chi connectivity index (χ3n) is 3.10. The Bertz CT molecular complexity index is 506. The van der Waals surface area contributed by atoms with Crippen molar-refractivity contribution >= 4 is 16.9 Å². The van der Waals surface area contributed by atoms with Crippen LogP contribution in [-0.2, 0) is 7.05 Å². The third-order valence-corrected chi connectivity index (χ3v) is 3.10. The maximum atomic E-state index is 5.59. The number of hydrogen-bond acceptors (Lipinski definition) is 5. The van der Waals surface area contributed by atoms with Gasteiger partial charge in [0.15, 0.2) is 5.65 Å². The van der Waals surface area contributed by atoms with Gasteiger partial charge < -0.3 is 11.1 Å². The van der Waals surface area contributed by atoms with Crippen molar-refractivity contribution < 1.29 is 0 Å². The Morgan fingerprint density at radius 2 is 2.28 bits per heavy atom. The Morgan fingerprint density at radius 1 is 1.44 bits per heavy atom. The van der Waals surface area contributed by atoms with E-state index in [1.165, 1.54) is 0 Å². The standard InChI is InChI=1S/C12H20N6/c1-9(6-13)4-3-5-14-11-10-7-17-18(2)12(10)16-8-15-11/h7-9H,3-6,13H2,1-2H3,(H,14,15,16). The van der Waals surface area contributed by atoms with Gasteiger partial charge in [-0.1, -0.05) is 6.92 Å². The predicted octanol–water partition coefficient (Wildman–Crippen LogP) is 1.15. The molecule has 18 heavy (non-hydrogen) atoms. The first-order valence-corrected chi connectivity index (χ1v) is 6.29. The molecule has 1 unspecified atom stereocenters. The highest BCUT2D eigenvalue weighted by Crippen LogP contribution is 2.17. The molecule has 6 nitrogen and oxygen atoms in total.